The molecule has 2 aliphatic rings. The third-order valence-electron chi connectivity index (χ3n) is 5.38. The molecule has 1 aliphatic carbocycles. The summed E-state index contributed by atoms with van der Waals surface area (Å²) in [7, 11) is 0. The number of hydrogen-bond acceptors (Lipinski definition) is 2. The number of carbonyl (C=O) groups excluding carboxylic acids is 2. The Morgan fingerprint density at radius 2 is 1.70 bits per heavy atom. The third-order valence-corrected chi connectivity index (χ3v) is 5.38. The highest BCUT2D eigenvalue weighted by atomic mass is 16.2. The van der Waals surface area contributed by atoms with E-state index in [1.807, 2.05) is 35.2 Å². The molecule has 0 radical (unpaired) electrons. The Morgan fingerprint density at radius 3 is 2.30 bits per heavy atom. The van der Waals surface area contributed by atoms with Crippen molar-refractivity contribution in [2.75, 3.05) is 13.1 Å². The normalized spacial score (nSPS) is 21.2. The van der Waals surface area contributed by atoms with Gasteiger partial charge in [0.05, 0.1) is 0 Å². The van der Waals surface area contributed by atoms with Gasteiger partial charge in [0.25, 0.3) is 5.91 Å². The molecular formula is C19H26N2O2. The second-order valence-electron chi connectivity index (χ2n) is 7.17. The molecule has 1 saturated carbocycles. The van der Waals surface area contributed by atoms with Crippen molar-refractivity contribution < 1.29 is 9.59 Å². The lowest BCUT2D eigenvalue weighted by atomic mass is 9.86. The second-order valence-corrected chi connectivity index (χ2v) is 7.17. The Labute approximate surface area is 138 Å². The highest BCUT2D eigenvalue weighted by molar-refractivity contribution is 5.94. The number of benzene rings is 1. The Balaban J connectivity index is 1.51. The van der Waals surface area contributed by atoms with Gasteiger partial charge in [0.15, 0.2) is 0 Å². The van der Waals surface area contributed by atoms with Gasteiger partial charge in [-0.15, -0.1) is 0 Å². The third kappa shape index (κ3) is 3.57. The number of nitrogens with one attached hydrogen (secondary N) is 1. The lowest BCUT2D eigenvalue weighted by molar-refractivity contribution is -0.142. The molecule has 124 valence electrons. The van der Waals surface area contributed by atoms with E-state index in [1.54, 1.807) is 0 Å². The number of nitrogens with zero attached hydrogens (tertiary/aromatic N) is 1. The molecule has 1 aliphatic heterocycles. The fourth-order valence-corrected chi connectivity index (χ4v) is 3.84. The quantitative estimate of drug-likeness (QED) is 0.932. The van der Waals surface area contributed by atoms with Gasteiger partial charge in [0.2, 0.25) is 5.91 Å². The molecule has 0 atom stereocenters. The number of rotatable bonds is 3. The van der Waals surface area contributed by atoms with Crippen LogP contribution in [-0.4, -0.2) is 35.8 Å². The maximum atomic E-state index is 12.7. The van der Waals surface area contributed by atoms with Crippen LogP contribution in [0.3, 0.4) is 0 Å². The maximum Gasteiger partial charge on any atom is 0.251 e. The smallest absolute Gasteiger partial charge is 0.251 e. The lowest BCUT2D eigenvalue weighted by Gasteiger charge is -2.37. The monoisotopic (exact) mass is 314 g/mol. The van der Waals surface area contributed by atoms with Gasteiger partial charge in [-0.2, -0.15) is 0 Å². The van der Waals surface area contributed by atoms with E-state index in [0.29, 0.717) is 11.5 Å². The summed E-state index contributed by atoms with van der Waals surface area (Å²) in [5, 5.41) is 3.10. The minimum absolute atomic E-state index is 0.0156. The van der Waals surface area contributed by atoms with Crippen LogP contribution in [0.1, 0.15) is 55.8 Å². The molecule has 1 heterocycles. The molecule has 0 bridgehead atoms. The Hall–Kier alpha value is -1.84. The summed E-state index contributed by atoms with van der Waals surface area (Å²) in [5.74, 6) is 0.306. The molecule has 2 fully saturated rings. The fraction of sp³-hybridized carbons (Fsp3) is 0.579. The predicted octanol–water partition coefficient (Wildman–Crippen LogP) is 2.99. The van der Waals surface area contributed by atoms with E-state index in [0.717, 1.165) is 38.8 Å². The van der Waals surface area contributed by atoms with E-state index in [-0.39, 0.29) is 17.4 Å². The van der Waals surface area contributed by atoms with Crippen LogP contribution in [-0.2, 0) is 4.79 Å². The van der Waals surface area contributed by atoms with E-state index < -0.39 is 0 Å². The average Bonchev–Trinajstić information content (AvgIpc) is 3.03. The van der Waals surface area contributed by atoms with Crippen molar-refractivity contribution in [2.45, 2.75) is 51.5 Å². The molecule has 1 saturated heterocycles. The molecule has 0 spiro atoms. The van der Waals surface area contributed by atoms with Crippen molar-refractivity contribution in [3.05, 3.63) is 35.9 Å². The molecule has 1 aromatic rings. The van der Waals surface area contributed by atoms with Gasteiger partial charge in [0.1, 0.15) is 0 Å². The van der Waals surface area contributed by atoms with Crippen LogP contribution in [0.5, 0.6) is 0 Å². The van der Waals surface area contributed by atoms with Gasteiger partial charge in [-0.25, -0.2) is 0 Å². The fourth-order valence-electron chi connectivity index (χ4n) is 3.84. The summed E-state index contributed by atoms with van der Waals surface area (Å²) in [5.41, 5.74) is 0.560. The van der Waals surface area contributed by atoms with Crippen LogP contribution in [0, 0.1) is 5.41 Å². The topological polar surface area (TPSA) is 49.4 Å². The van der Waals surface area contributed by atoms with Crippen molar-refractivity contribution in [3.8, 4) is 0 Å². The van der Waals surface area contributed by atoms with E-state index >= 15 is 0 Å². The number of carbonyl (C=O) groups is 2. The van der Waals surface area contributed by atoms with Crippen LogP contribution >= 0.6 is 0 Å². The van der Waals surface area contributed by atoms with E-state index in [9.17, 15) is 9.59 Å². The van der Waals surface area contributed by atoms with Crippen molar-refractivity contribution >= 4 is 11.8 Å². The highest BCUT2D eigenvalue weighted by Gasteiger charge is 2.40. The van der Waals surface area contributed by atoms with Crippen LogP contribution in [0.4, 0.5) is 0 Å². The summed E-state index contributed by atoms with van der Waals surface area (Å²) < 4.78 is 0. The zero-order valence-corrected chi connectivity index (χ0v) is 13.9. The minimum atomic E-state index is -0.139. The van der Waals surface area contributed by atoms with Crippen LogP contribution in [0.15, 0.2) is 30.3 Å². The van der Waals surface area contributed by atoms with E-state index in [1.165, 1.54) is 12.8 Å². The second kappa shape index (κ2) is 6.73. The molecule has 4 nitrogen and oxygen atoms in total. The molecule has 1 N–H and O–H groups in total. The first kappa shape index (κ1) is 16.0. The van der Waals surface area contributed by atoms with Crippen molar-refractivity contribution in [1.29, 1.82) is 0 Å². The standard InChI is InChI=1S/C19H26N2O2/c1-19(11-5-6-12-19)18(23)21-13-9-16(10-14-21)20-17(22)15-7-3-2-4-8-15/h2-4,7-8,16H,5-6,9-14H2,1H3,(H,20,22). The summed E-state index contributed by atoms with van der Waals surface area (Å²) in [6.45, 7) is 3.63. The first-order valence-corrected chi connectivity index (χ1v) is 8.74. The number of likely N-dealkylation sites (tertiary alicyclic amines) is 1. The number of amides is 2. The summed E-state index contributed by atoms with van der Waals surface area (Å²) >= 11 is 0. The first-order chi connectivity index (χ1) is 11.1. The highest BCUT2D eigenvalue weighted by Crippen LogP contribution is 2.39. The summed E-state index contributed by atoms with van der Waals surface area (Å²) in [6, 6.07) is 9.48. The van der Waals surface area contributed by atoms with Gasteiger partial charge in [-0.1, -0.05) is 38.0 Å². The zero-order valence-electron chi connectivity index (χ0n) is 13.9. The molecule has 3 rings (SSSR count). The molecule has 1 aromatic carbocycles. The van der Waals surface area contributed by atoms with Crippen LogP contribution in [0.2, 0.25) is 0 Å². The zero-order chi connectivity index (χ0) is 16.3. The summed E-state index contributed by atoms with van der Waals surface area (Å²) in [6.07, 6.45) is 6.09. The van der Waals surface area contributed by atoms with E-state index in [4.69, 9.17) is 0 Å². The van der Waals surface area contributed by atoms with Gasteiger partial charge in [-0.3, -0.25) is 9.59 Å². The van der Waals surface area contributed by atoms with Gasteiger partial charge in [0, 0.05) is 30.1 Å². The Bertz CT molecular complexity index is 556. The van der Waals surface area contributed by atoms with Crippen molar-refractivity contribution in [2.24, 2.45) is 5.41 Å². The minimum Gasteiger partial charge on any atom is -0.349 e. The average molecular weight is 314 g/mol. The van der Waals surface area contributed by atoms with Crippen molar-refractivity contribution in [1.82, 2.24) is 10.2 Å². The molecule has 4 heteroatoms. The predicted molar refractivity (Wildman–Crippen MR) is 90.1 cm³/mol. The number of hydrogen-bond donors (Lipinski definition) is 1. The molecule has 0 aromatic heterocycles. The van der Waals surface area contributed by atoms with Crippen molar-refractivity contribution in [3.63, 3.8) is 0 Å². The molecular weight excluding hydrogens is 288 g/mol. The SMILES string of the molecule is CC1(C(=O)N2CCC(NC(=O)c3ccccc3)CC2)CCCC1. The summed E-state index contributed by atoms with van der Waals surface area (Å²) in [4.78, 5) is 26.9. The van der Waals surface area contributed by atoms with E-state index in [2.05, 4.69) is 12.2 Å². The molecule has 2 amide bonds. The van der Waals surface area contributed by atoms with Crippen LogP contribution in [0.25, 0.3) is 0 Å². The molecule has 0 unspecified atom stereocenters. The van der Waals surface area contributed by atoms with Gasteiger partial charge >= 0.3 is 0 Å². The van der Waals surface area contributed by atoms with Gasteiger partial charge < -0.3 is 10.2 Å². The Morgan fingerprint density at radius 1 is 1.09 bits per heavy atom. The lowest BCUT2D eigenvalue weighted by Crippen LogP contribution is -2.49. The number of piperidine rings is 1. The largest absolute Gasteiger partial charge is 0.349 e. The first-order valence-electron chi connectivity index (χ1n) is 8.74. The maximum absolute atomic E-state index is 12.7. The van der Waals surface area contributed by atoms with Gasteiger partial charge in [-0.05, 0) is 37.8 Å². The Kier molecular flexibility index (Phi) is 4.69. The van der Waals surface area contributed by atoms with Crippen LogP contribution < -0.4 is 5.32 Å². The molecule has 23 heavy (non-hydrogen) atoms.